The summed E-state index contributed by atoms with van der Waals surface area (Å²) in [4.78, 5) is 15.8. The van der Waals surface area contributed by atoms with Crippen molar-refractivity contribution in [2.75, 3.05) is 5.32 Å². The van der Waals surface area contributed by atoms with Gasteiger partial charge in [-0.05, 0) is 49.7 Å². The summed E-state index contributed by atoms with van der Waals surface area (Å²) in [6.45, 7) is 4.67. The molecule has 142 valence electrons. The van der Waals surface area contributed by atoms with E-state index in [2.05, 4.69) is 20.5 Å². The van der Waals surface area contributed by atoms with E-state index in [-0.39, 0.29) is 18.1 Å². The maximum absolute atomic E-state index is 13.6. The molecule has 0 radical (unpaired) electrons. The molecule has 6 nitrogen and oxygen atoms in total. The van der Waals surface area contributed by atoms with Gasteiger partial charge in [0, 0.05) is 34.4 Å². The Morgan fingerprint density at radius 3 is 2.93 bits per heavy atom. The van der Waals surface area contributed by atoms with E-state index in [4.69, 9.17) is 0 Å². The van der Waals surface area contributed by atoms with E-state index < -0.39 is 0 Å². The maximum Gasteiger partial charge on any atom is 0.228 e. The number of fused-ring (bicyclic) bond motifs is 1. The molecule has 0 aliphatic carbocycles. The Balaban J connectivity index is 1.56. The van der Waals surface area contributed by atoms with Gasteiger partial charge in [-0.1, -0.05) is 12.1 Å². The topological polar surface area (TPSA) is 75.6 Å². The third-order valence-corrected chi connectivity index (χ3v) is 4.78. The molecule has 0 atom stereocenters. The van der Waals surface area contributed by atoms with Gasteiger partial charge in [-0.3, -0.25) is 4.79 Å². The number of rotatable bonds is 5. The summed E-state index contributed by atoms with van der Waals surface area (Å²) in [7, 11) is 0. The van der Waals surface area contributed by atoms with Gasteiger partial charge in [-0.15, -0.1) is 10.2 Å². The molecule has 4 rings (SSSR count). The molecule has 0 aliphatic heterocycles. The van der Waals surface area contributed by atoms with Crippen LogP contribution in [0.5, 0.6) is 0 Å². The van der Waals surface area contributed by atoms with E-state index in [0.717, 1.165) is 40.1 Å². The minimum Gasteiger partial charge on any atom is -0.358 e. The van der Waals surface area contributed by atoms with Crippen LogP contribution in [-0.2, 0) is 17.8 Å². The van der Waals surface area contributed by atoms with E-state index >= 15 is 0 Å². The minimum atomic E-state index is -0.319. The van der Waals surface area contributed by atoms with Gasteiger partial charge in [-0.25, -0.2) is 4.39 Å². The number of carbonyl (C=O) groups excluding carboxylic acids is 1. The lowest BCUT2D eigenvalue weighted by Gasteiger charge is -2.08. The molecule has 2 heterocycles. The molecule has 2 N–H and O–H groups in total. The van der Waals surface area contributed by atoms with Crippen molar-refractivity contribution in [3.63, 3.8) is 0 Å². The van der Waals surface area contributed by atoms with Crippen LogP contribution in [0.2, 0.25) is 0 Å². The van der Waals surface area contributed by atoms with E-state index in [9.17, 15) is 9.18 Å². The Morgan fingerprint density at radius 2 is 2.11 bits per heavy atom. The lowest BCUT2D eigenvalue weighted by molar-refractivity contribution is -0.115. The van der Waals surface area contributed by atoms with Gasteiger partial charge in [-0.2, -0.15) is 0 Å². The van der Waals surface area contributed by atoms with Crippen LogP contribution in [0.3, 0.4) is 0 Å². The first-order valence-corrected chi connectivity index (χ1v) is 9.10. The normalized spacial score (nSPS) is 11.1. The van der Waals surface area contributed by atoms with Crippen LogP contribution in [0.4, 0.5) is 10.1 Å². The molecule has 0 aliphatic rings. The first-order chi connectivity index (χ1) is 13.5. The second kappa shape index (κ2) is 7.26. The molecule has 1 amide bonds. The average molecular weight is 377 g/mol. The Labute approximate surface area is 161 Å². The fourth-order valence-corrected chi connectivity index (χ4v) is 3.39. The number of halogens is 1. The van der Waals surface area contributed by atoms with Crippen molar-refractivity contribution in [2.24, 2.45) is 0 Å². The molecule has 0 saturated heterocycles. The van der Waals surface area contributed by atoms with Crippen LogP contribution in [0.1, 0.15) is 18.2 Å². The summed E-state index contributed by atoms with van der Waals surface area (Å²) >= 11 is 0. The number of hydrogen-bond acceptors (Lipinski definition) is 3. The zero-order valence-corrected chi connectivity index (χ0v) is 15.7. The number of aryl methyl sites for hydroxylation is 2. The number of nitrogens with one attached hydrogen (secondary N) is 2. The lowest BCUT2D eigenvalue weighted by Crippen LogP contribution is -2.14. The van der Waals surface area contributed by atoms with Gasteiger partial charge in [0.25, 0.3) is 0 Å². The summed E-state index contributed by atoms with van der Waals surface area (Å²) in [5.41, 5.74) is 4.04. The standard InChI is InChI=1S/C21H20FN5O/c1-3-27-12-23-26-21(27)14-5-4-6-16(9-14)25-20(28)11-17-13(2)24-19-8-7-15(22)10-18(17)19/h4-10,12,24H,3,11H2,1-2H3,(H,25,28). The molecule has 7 heteroatoms. The number of hydrogen-bond donors (Lipinski definition) is 2. The first-order valence-electron chi connectivity index (χ1n) is 9.10. The van der Waals surface area contributed by atoms with Crippen molar-refractivity contribution >= 4 is 22.5 Å². The first kappa shape index (κ1) is 17.9. The average Bonchev–Trinajstić information content (AvgIpc) is 3.27. The van der Waals surface area contributed by atoms with Crippen molar-refractivity contribution in [3.05, 3.63) is 65.9 Å². The zero-order valence-electron chi connectivity index (χ0n) is 15.7. The van der Waals surface area contributed by atoms with Crippen LogP contribution in [0, 0.1) is 12.7 Å². The quantitative estimate of drug-likeness (QED) is 0.550. The summed E-state index contributed by atoms with van der Waals surface area (Å²) in [5, 5.41) is 11.8. The maximum atomic E-state index is 13.6. The molecule has 0 fully saturated rings. The molecule has 4 aromatic rings. The summed E-state index contributed by atoms with van der Waals surface area (Å²) in [6, 6.07) is 12.0. The highest BCUT2D eigenvalue weighted by Crippen LogP contribution is 2.25. The minimum absolute atomic E-state index is 0.157. The molecule has 0 saturated carbocycles. The van der Waals surface area contributed by atoms with Crippen molar-refractivity contribution in [2.45, 2.75) is 26.8 Å². The van der Waals surface area contributed by atoms with Crippen molar-refractivity contribution in [1.82, 2.24) is 19.7 Å². The van der Waals surface area contributed by atoms with E-state index in [0.29, 0.717) is 5.69 Å². The van der Waals surface area contributed by atoms with Crippen LogP contribution in [0.15, 0.2) is 48.8 Å². The number of aromatic nitrogens is 4. The van der Waals surface area contributed by atoms with Gasteiger partial charge >= 0.3 is 0 Å². The Morgan fingerprint density at radius 1 is 1.25 bits per heavy atom. The summed E-state index contributed by atoms with van der Waals surface area (Å²) < 4.78 is 15.6. The molecule has 2 aromatic carbocycles. The number of amides is 1. The van der Waals surface area contributed by atoms with Gasteiger partial charge in [0.1, 0.15) is 12.1 Å². The number of anilines is 1. The largest absolute Gasteiger partial charge is 0.358 e. The third-order valence-electron chi connectivity index (χ3n) is 4.78. The molecular formula is C21H20FN5O. The molecule has 0 bridgehead atoms. The van der Waals surface area contributed by atoms with Crippen LogP contribution < -0.4 is 5.32 Å². The van der Waals surface area contributed by atoms with Gasteiger partial charge < -0.3 is 14.9 Å². The molecule has 0 spiro atoms. The van der Waals surface area contributed by atoms with E-state index in [1.54, 1.807) is 12.4 Å². The number of aromatic amines is 1. The summed E-state index contributed by atoms with van der Waals surface area (Å²) in [6.07, 6.45) is 1.84. The monoisotopic (exact) mass is 377 g/mol. The second-order valence-corrected chi connectivity index (χ2v) is 6.66. The SMILES string of the molecule is CCn1cnnc1-c1cccc(NC(=O)Cc2c(C)[nH]c3ccc(F)cc23)c1. The molecule has 28 heavy (non-hydrogen) atoms. The van der Waals surface area contributed by atoms with Crippen LogP contribution in [-0.4, -0.2) is 25.7 Å². The Bertz CT molecular complexity index is 1160. The van der Waals surface area contributed by atoms with E-state index in [1.807, 2.05) is 42.7 Å². The van der Waals surface area contributed by atoms with Gasteiger partial charge in [0.15, 0.2) is 5.82 Å². The predicted octanol–water partition coefficient (Wildman–Crippen LogP) is 4.08. The van der Waals surface area contributed by atoms with Crippen molar-refractivity contribution < 1.29 is 9.18 Å². The highest BCUT2D eigenvalue weighted by atomic mass is 19.1. The highest BCUT2D eigenvalue weighted by Gasteiger charge is 2.14. The molecular weight excluding hydrogens is 357 g/mol. The smallest absolute Gasteiger partial charge is 0.228 e. The number of carbonyl (C=O) groups is 1. The fraction of sp³-hybridized carbons (Fsp3) is 0.190. The van der Waals surface area contributed by atoms with Crippen molar-refractivity contribution in [3.8, 4) is 11.4 Å². The third kappa shape index (κ3) is 3.38. The van der Waals surface area contributed by atoms with Crippen LogP contribution >= 0.6 is 0 Å². The Hall–Kier alpha value is -3.48. The fourth-order valence-electron chi connectivity index (χ4n) is 3.39. The number of benzene rings is 2. The second-order valence-electron chi connectivity index (χ2n) is 6.66. The summed E-state index contributed by atoms with van der Waals surface area (Å²) in [5.74, 6) is 0.268. The number of nitrogens with zero attached hydrogens (tertiary/aromatic N) is 3. The van der Waals surface area contributed by atoms with Gasteiger partial charge in [0.05, 0.1) is 6.42 Å². The molecule has 0 unspecified atom stereocenters. The van der Waals surface area contributed by atoms with E-state index in [1.165, 1.54) is 12.1 Å². The van der Waals surface area contributed by atoms with Gasteiger partial charge in [0.2, 0.25) is 5.91 Å². The lowest BCUT2D eigenvalue weighted by atomic mass is 10.1. The highest BCUT2D eigenvalue weighted by molar-refractivity contribution is 5.96. The zero-order chi connectivity index (χ0) is 19.7. The predicted molar refractivity (Wildman–Crippen MR) is 106 cm³/mol. The Kier molecular flexibility index (Phi) is 4.65. The number of H-pyrrole nitrogens is 1. The van der Waals surface area contributed by atoms with Crippen LogP contribution in [0.25, 0.3) is 22.3 Å². The van der Waals surface area contributed by atoms with Crippen molar-refractivity contribution in [1.29, 1.82) is 0 Å². The molecule has 2 aromatic heterocycles.